The van der Waals surface area contributed by atoms with E-state index in [1.165, 1.54) is 38.6 Å². The summed E-state index contributed by atoms with van der Waals surface area (Å²) in [6.45, 7) is 1.22. The van der Waals surface area contributed by atoms with Crippen molar-refractivity contribution >= 4 is 11.3 Å². The van der Waals surface area contributed by atoms with Gasteiger partial charge in [0.1, 0.15) is 0 Å². The predicted octanol–water partition coefficient (Wildman–Crippen LogP) is 2.92. The van der Waals surface area contributed by atoms with E-state index in [4.69, 9.17) is 0 Å². The van der Waals surface area contributed by atoms with Crippen molar-refractivity contribution in [1.82, 2.24) is 5.32 Å². The van der Waals surface area contributed by atoms with Crippen LogP contribution in [-0.4, -0.2) is 12.6 Å². The number of fused-ring (bicyclic) bond motifs is 1. The summed E-state index contributed by atoms with van der Waals surface area (Å²) in [7, 11) is 0. The maximum atomic E-state index is 3.66. The first-order valence-electron chi connectivity index (χ1n) is 5.73. The van der Waals surface area contributed by atoms with Gasteiger partial charge in [0.2, 0.25) is 0 Å². The Balaban J connectivity index is 1.68. The number of thiophene rings is 1. The lowest BCUT2D eigenvalue weighted by Gasteiger charge is -2.22. The first kappa shape index (κ1) is 8.93. The summed E-state index contributed by atoms with van der Waals surface area (Å²) < 4.78 is 0. The fourth-order valence-electron chi connectivity index (χ4n) is 2.39. The molecule has 0 radical (unpaired) electrons. The highest BCUT2D eigenvalue weighted by molar-refractivity contribution is 7.10. The molecule has 1 unspecified atom stereocenters. The Kier molecular flexibility index (Phi) is 2.34. The zero-order chi connectivity index (χ0) is 9.38. The number of rotatable bonds is 3. The molecule has 76 valence electrons. The molecule has 1 aromatic rings. The lowest BCUT2D eigenvalue weighted by atomic mass is 9.88. The van der Waals surface area contributed by atoms with Crippen molar-refractivity contribution < 1.29 is 0 Å². The highest BCUT2D eigenvalue weighted by Crippen LogP contribution is 2.35. The lowest BCUT2D eigenvalue weighted by Crippen LogP contribution is -2.25. The molecule has 1 aromatic heterocycles. The van der Waals surface area contributed by atoms with Crippen LogP contribution in [-0.2, 0) is 6.42 Å². The van der Waals surface area contributed by atoms with Gasteiger partial charge in [0.25, 0.3) is 0 Å². The van der Waals surface area contributed by atoms with Crippen molar-refractivity contribution in [3.05, 3.63) is 21.9 Å². The van der Waals surface area contributed by atoms with E-state index in [0.29, 0.717) is 0 Å². The molecule has 2 heteroatoms. The van der Waals surface area contributed by atoms with Crippen molar-refractivity contribution in [2.75, 3.05) is 6.54 Å². The highest BCUT2D eigenvalue weighted by atomic mass is 32.1. The molecule has 0 bridgehead atoms. The molecule has 0 aromatic carbocycles. The smallest absolute Gasteiger partial charge is 0.00805 e. The number of hydrogen-bond acceptors (Lipinski definition) is 2. The molecule has 3 rings (SSSR count). The third-order valence-electron chi connectivity index (χ3n) is 3.41. The van der Waals surface area contributed by atoms with Crippen LogP contribution in [0.15, 0.2) is 11.4 Å². The maximum Gasteiger partial charge on any atom is 0.00805 e. The monoisotopic (exact) mass is 207 g/mol. The Labute approximate surface area is 89.5 Å². The molecule has 0 amide bonds. The van der Waals surface area contributed by atoms with Gasteiger partial charge in [-0.1, -0.05) is 0 Å². The second-order valence-corrected chi connectivity index (χ2v) is 5.57. The van der Waals surface area contributed by atoms with E-state index in [-0.39, 0.29) is 0 Å². The van der Waals surface area contributed by atoms with Crippen molar-refractivity contribution in [3.8, 4) is 0 Å². The summed E-state index contributed by atoms with van der Waals surface area (Å²) in [6.07, 6.45) is 6.92. The quantitative estimate of drug-likeness (QED) is 0.803. The Hall–Kier alpha value is -0.340. The molecule has 1 heterocycles. The Morgan fingerprint density at radius 3 is 3.14 bits per heavy atom. The topological polar surface area (TPSA) is 12.0 Å². The molecule has 0 saturated heterocycles. The molecule has 0 spiro atoms. The fourth-order valence-corrected chi connectivity index (χ4v) is 3.40. The van der Waals surface area contributed by atoms with Gasteiger partial charge in [0.15, 0.2) is 0 Å². The van der Waals surface area contributed by atoms with Gasteiger partial charge in [-0.05, 0) is 55.0 Å². The molecular weight excluding hydrogens is 190 g/mol. The van der Waals surface area contributed by atoms with Gasteiger partial charge in [-0.25, -0.2) is 0 Å². The number of aryl methyl sites for hydroxylation is 1. The average molecular weight is 207 g/mol. The van der Waals surface area contributed by atoms with E-state index in [0.717, 1.165) is 12.0 Å². The minimum absolute atomic E-state index is 0.811. The van der Waals surface area contributed by atoms with Crippen molar-refractivity contribution in [2.24, 2.45) is 0 Å². The Morgan fingerprint density at radius 1 is 1.36 bits per heavy atom. The van der Waals surface area contributed by atoms with Crippen LogP contribution in [0.25, 0.3) is 0 Å². The van der Waals surface area contributed by atoms with Crippen LogP contribution in [0.3, 0.4) is 0 Å². The normalized spacial score (nSPS) is 26.1. The van der Waals surface area contributed by atoms with Crippen LogP contribution in [0.2, 0.25) is 0 Å². The van der Waals surface area contributed by atoms with E-state index >= 15 is 0 Å². The van der Waals surface area contributed by atoms with E-state index in [9.17, 15) is 0 Å². The molecule has 2 aliphatic carbocycles. The molecule has 0 aliphatic heterocycles. The van der Waals surface area contributed by atoms with E-state index < -0.39 is 0 Å². The van der Waals surface area contributed by atoms with Crippen LogP contribution >= 0.6 is 11.3 Å². The molecule has 14 heavy (non-hydrogen) atoms. The second-order valence-electron chi connectivity index (χ2n) is 4.57. The highest BCUT2D eigenvalue weighted by Gasteiger charge is 2.25. The molecule has 1 atom stereocenters. The van der Waals surface area contributed by atoms with Crippen molar-refractivity contribution in [2.45, 2.75) is 44.1 Å². The first-order chi connectivity index (χ1) is 6.93. The molecule has 1 fully saturated rings. The summed E-state index contributed by atoms with van der Waals surface area (Å²) >= 11 is 1.95. The largest absolute Gasteiger partial charge is 0.313 e. The summed E-state index contributed by atoms with van der Waals surface area (Å²) in [5.74, 6) is 0.811. The maximum absolute atomic E-state index is 3.66. The lowest BCUT2D eigenvalue weighted by molar-refractivity contribution is 0.510. The zero-order valence-electron chi connectivity index (χ0n) is 8.46. The van der Waals surface area contributed by atoms with E-state index in [1.54, 1.807) is 10.4 Å². The van der Waals surface area contributed by atoms with Crippen molar-refractivity contribution in [3.63, 3.8) is 0 Å². The van der Waals surface area contributed by atoms with Gasteiger partial charge < -0.3 is 5.32 Å². The standard InChI is InChI=1S/C12H17NS/c1-2-9(8-13-10-4-5-10)11-6-7-14-12(11)3-1/h6-7,9-10,13H,1-5,8H2. The average Bonchev–Trinajstić information content (AvgIpc) is 2.91. The van der Waals surface area contributed by atoms with Gasteiger partial charge >= 0.3 is 0 Å². The van der Waals surface area contributed by atoms with E-state index in [1.807, 2.05) is 11.3 Å². The summed E-state index contributed by atoms with van der Waals surface area (Å²) in [5.41, 5.74) is 1.65. The van der Waals surface area contributed by atoms with Crippen LogP contribution in [0.5, 0.6) is 0 Å². The molecule has 1 N–H and O–H groups in total. The van der Waals surface area contributed by atoms with Crippen LogP contribution in [0, 0.1) is 0 Å². The van der Waals surface area contributed by atoms with Crippen LogP contribution < -0.4 is 5.32 Å². The Morgan fingerprint density at radius 2 is 2.29 bits per heavy atom. The third-order valence-corrected chi connectivity index (χ3v) is 4.40. The van der Waals surface area contributed by atoms with E-state index in [2.05, 4.69) is 16.8 Å². The Bertz CT molecular complexity index is 314. The molecule has 1 saturated carbocycles. The molecule has 1 nitrogen and oxygen atoms in total. The predicted molar refractivity (Wildman–Crippen MR) is 61.0 cm³/mol. The fraction of sp³-hybridized carbons (Fsp3) is 0.667. The zero-order valence-corrected chi connectivity index (χ0v) is 9.28. The second kappa shape index (κ2) is 3.67. The number of hydrogen-bond donors (Lipinski definition) is 1. The van der Waals surface area contributed by atoms with Gasteiger partial charge in [0, 0.05) is 17.5 Å². The van der Waals surface area contributed by atoms with Gasteiger partial charge in [-0.15, -0.1) is 11.3 Å². The van der Waals surface area contributed by atoms with Crippen LogP contribution in [0.4, 0.5) is 0 Å². The summed E-state index contributed by atoms with van der Waals surface area (Å²) in [6, 6.07) is 3.21. The molecular formula is C12H17NS. The minimum atomic E-state index is 0.811. The third kappa shape index (κ3) is 1.73. The van der Waals surface area contributed by atoms with Gasteiger partial charge in [0.05, 0.1) is 0 Å². The van der Waals surface area contributed by atoms with Gasteiger partial charge in [-0.3, -0.25) is 0 Å². The minimum Gasteiger partial charge on any atom is -0.313 e. The summed E-state index contributed by atoms with van der Waals surface area (Å²) in [4.78, 5) is 1.65. The summed E-state index contributed by atoms with van der Waals surface area (Å²) in [5, 5.41) is 5.93. The SMILES string of the molecule is c1cc2c(s1)CCCC2CNC1CC1. The first-order valence-corrected chi connectivity index (χ1v) is 6.61. The van der Waals surface area contributed by atoms with Gasteiger partial charge in [-0.2, -0.15) is 0 Å². The van der Waals surface area contributed by atoms with Crippen LogP contribution in [0.1, 0.15) is 42.0 Å². The molecule has 2 aliphatic rings. The van der Waals surface area contributed by atoms with Crippen molar-refractivity contribution in [1.29, 1.82) is 0 Å². The number of nitrogens with one attached hydrogen (secondary N) is 1.